The number of thioether (sulfide) groups is 1. The van der Waals surface area contributed by atoms with Gasteiger partial charge in [-0.25, -0.2) is 4.39 Å². The van der Waals surface area contributed by atoms with Gasteiger partial charge >= 0.3 is 0 Å². The van der Waals surface area contributed by atoms with Crippen LogP contribution in [0.2, 0.25) is 5.02 Å². The number of benzene rings is 3. The number of hydrogen-bond acceptors (Lipinski definition) is 4. The number of carbonyl (C=O) groups excluding carboxylic acids is 2. The second-order valence-corrected chi connectivity index (χ2v) is 8.15. The molecule has 3 N–H and O–H groups in total. The first kappa shape index (κ1) is 21.0. The minimum Gasteiger partial charge on any atom is -0.451 e. The van der Waals surface area contributed by atoms with Gasteiger partial charge in [-0.1, -0.05) is 29.8 Å². The first-order chi connectivity index (χ1) is 14.9. The number of halogens is 2. The topological polar surface area (TPSA) is 85.3 Å². The Labute approximate surface area is 186 Å². The SMILES string of the molecule is NC(=O)c1ccc(F)c(NC(=O)c2oc3ccccc3c2CSc2ccc(Cl)cc2)c1. The second kappa shape index (κ2) is 8.83. The molecule has 0 saturated heterocycles. The molecule has 3 aromatic carbocycles. The van der Waals surface area contributed by atoms with Crippen molar-refractivity contribution >= 4 is 51.8 Å². The van der Waals surface area contributed by atoms with Crippen LogP contribution in [0.25, 0.3) is 11.0 Å². The zero-order valence-corrected chi connectivity index (χ0v) is 17.6. The summed E-state index contributed by atoms with van der Waals surface area (Å²) in [6, 6.07) is 18.2. The van der Waals surface area contributed by atoms with Crippen molar-refractivity contribution in [2.24, 2.45) is 5.73 Å². The van der Waals surface area contributed by atoms with E-state index in [0.29, 0.717) is 21.9 Å². The van der Waals surface area contributed by atoms with Crippen LogP contribution in [-0.2, 0) is 5.75 Å². The van der Waals surface area contributed by atoms with E-state index in [2.05, 4.69) is 5.32 Å². The van der Waals surface area contributed by atoms with Crippen molar-refractivity contribution in [1.82, 2.24) is 0 Å². The molecule has 0 atom stereocenters. The van der Waals surface area contributed by atoms with E-state index in [4.69, 9.17) is 21.8 Å². The molecule has 0 fully saturated rings. The molecule has 1 heterocycles. The van der Waals surface area contributed by atoms with Gasteiger partial charge in [0.15, 0.2) is 5.76 Å². The Morgan fingerprint density at radius 3 is 2.55 bits per heavy atom. The van der Waals surface area contributed by atoms with Crippen molar-refractivity contribution in [1.29, 1.82) is 0 Å². The highest BCUT2D eigenvalue weighted by Crippen LogP contribution is 2.33. The average molecular weight is 455 g/mol. The van der Waals surface area contributed by atoms with Crippen LogP contribution >= 0.6 is 23.4 Å². The van der Waals surface area contributed by atoms with E-state index in [1.54, 1.807) is 24.3 Å². The van der Waals surface area contributed by atoms with Gasteiger partial charge in [0.1, 0.15) is 11.4 Å². The van der Waals surface area contributed by atoms with E-state index in [9.17, 15) is 14.0 Å². The molecule has 0 spiro atoms. The zero-order chi connectivity index (χ0) is 22.0. The summed E-state index contributed by atoms with van der Waals surface area (Å²) in [5.74, 6) is -1.51. The third-order valence-electron chi connectivity index (χ3n) is 4.60. The molecule has 0 radical (unpaired) electrons. The van der Waals surface area contributed by atoms with Crippen molar-refractivity contribution in [3.8, 4) is 0 Å². The number of fused-ring (bicyclic) bond motifs is 1. The van der Waals surface area contributed by atoms with Crippen LogP contribution in [-0.4, -0.2) is 11.8 Å². The molecule has 31 heavy (non-hydrogen) atoms. The number of furan rings is 1. The Morgan fingerprint density at radius 1 is 1.06 bits per heavy atom. The van der Waals surface area contributed by atoms with E-state index < -0.39 is 17.6 Å². The van der Waals surface area contributed by atoms with E-state index in [1.165, 1.54) is 23.9 Å². The lowest BCUT2D eigenvalue weighted by Gasteiger charge is -2.08. The van der Waals surface area contributed by atoms with E-state index in [1.807, 2.05) is 24.3 Å². The fourth-order valence-corrected chi connectivity index (χ4v) is 4.12. The summed E-state index contributed by atoms with van der Waals surface area (Å²) >= 11 is 7.46. The molecule has 0 aliphatic heterocycles. The summed E-state index contributed by atoms with van der Waals surface area (Å²) in [7, 11) is 0. The van der Waals surface area contributed by atoms with Gasteiger partial charge in [-0.05, 0) is 48.5 Å². The molecule has 0 aliphatic rings. The number of nitrogens with two attached hydrogens (primary N) is 1. The van der Waals surface area contributed by atoms with Crippen molar-refractivity contribution < 1.29 is 18.4 Å². The predicted molar refractivity (Wildman–Crippen MR) is 120 cm³/mol. The lowest BCUT2D eigenvalue weighted by molar-refractivity contribution is 0.0988. The smallest absolute Gasteiger partial charge is 0.291 e. The van der Waals surface area contributed by atoms with Crippen molar-refractivity contribution in [2.75, 3.05) is 5.32 Å². The molecule has 0 bridgehead atoms. The van der Waals surface area contributed by atoms with Gasteiger partial charge < -0.3 is 15.5 Å². The van der Waals surface area contributed by atoms with Crippen molar-refractivity contribution in [3.63, 3.8) is 0 Å². The monoisotopic (exact) mass is 454 g/mol. The van der Waals surface area contributed by atoms with Gasteiger partial charge in [0.2, 0.25) is 5.91 Å². The number of primary amides is 1. The van der Waals surface area contributed by atoms with Crippen LogP contribution in [0.4, 0.5) is 10.1 Å². The fraction of sp³-hybridized carbons (Fsp3) is 0.0435. The Hall–Kier alpha value is -3.29. The van der Waals surface area contributed by atoms with E-state index in [0.717, 1.165) is 16.3 Å². The Balaban J connectivity index is 1.66. The maximum absolute atomic E-state index is 14.2. The van der Waals surface area contributed by atoms with Gasteiger partial charge in [-0.15, -0.1) is 11.8 Å². The van der Waals surface area contributed by atoms with Crippen LogP contribution in [0.15, 0.2) is 76.0 Å². The molecule has 156 valence electrons. The summed E-state index contributed by atoms with van der Waals surface area (Å²) in [6.45, 7) is 0. The quantitative estimate of drug-likeness (QED) is 0.357. The highest BCUT2D eigenvalue weighted by Gasteiger charge is 2.22. The van der Waals surface area contributed by atoms with Crippen LogP contribution in [0.1, 0.15) is 26.5 Å². The standard InChI is InChI=1S/C23H16ClFN2O3S/c24-14-6-8-15(9-7-14)31-12-17-16-3-1-2-4-20(16)30-21(17)23(29)27-19-11-13(22(26)28)5-10-18(19)25/h1-11H,12H2,(H2,26,28)(H,27,29). The number of hydrogen-bond donors (Lipinski definition) is 2. The summed E-state index contributed by atoms with van der Waals surface area (Å²) in [4.78, 5) is 25.3. The number of para-hydroxylation sites is 1. The average Bonchev–Trinajstić information content (AvgIpc) is 3.13. The third-order valence-corrected chi connectivity index (χ3v) is 5.89. The fourth-order valence-electron chi connectivity index (χ4n) is 3.07. The van der Waals surface area contributed by atoms with Gasteiger partial charge in [0.25, 0.3) is 5.91 Å². The number of amides is 2. The lowest BCUT2D eigenvalue weighted by Crippen LogP contribution is -2.16. The van der Waals surface area contributed by atoms with Gasteiger partial charge in [-0.3, -0.25) is 9.59 Å². The molecule has 2 amide bonds. The van der Waals surface area contributed by atoms with Crippen molar-refractivity contribution in [2.45, 2.75) is 10.6 Å². The van der Waals surface area contributed by atoms with Gasteiger partial charge in [0, 0.05) is 32.2 Å². The van der Waals surface area contributed by atoms with Crippen LogP contribution < -0.4 is 11.1 Å². The Kier molecular flexibility index (Phi) is 5.97. The van der Waals surface area contributed by atoms with E-state index >= 15 is 0 Å². The number of anilines is 1. The largest absolute Gasteiger partial charge is 0.451 e. The first-order valence-electron chi connectivity index (χ1n) is 9.22. The minimum absolute atomic E-state index is 0.0755. The first-order valence-corrected chi connectivity index (χ1v) is 10.6. The number of rotatable bonds is 6. The van der Waals surface area contributed by atoms with Crippen LogP contribution in [0.3, 0.4) is 0 Å². The van der Waals surface area contributed by atoms with Gasteiger partial charge in [-0.2, -0.15) is 0 Å². The minimum atomic E-state index is -0.723. The molecule has 0 unspecified atom stereocenters. The van der Waals surface area contributed by atoms with Crippen molar-refractivity contribution in [3.05, 3.63) is 94.5 Å². The summed E-state index contributed by atoms with van der Waals surface area (Å²) in [6.07, 6.45) is 0. The predicted octanol–water partition coefficient (Wildman–Crippen LogP) is 5.87. The number of carbonyl (C=O) groups is 2. The third kappa shape index (κ3) is 4.57. The maximum atomic E-state index is 14.2. The molecule has 8 heteroatoms. The molecule has 0 saturated carbocycles. The molecule has 5 nitrogen and oxygen atoms in total. The summed E-state index contributed by atoms with van der Waals surface area (Å²) < 4.78 is 20.0. The normalized spacial score (nSPS) is 10.9. The van der Waals surface area contributed by atoms with Crippen LogP contribution in [0, 0.1) is 5.82 Å². The molecule has 4 aromatic rings. The zero-order valence-electron chi connectivity index (χ0n) is 16.0. The number of nitrogens with one attached hydrogen (secondary N) is 1. The highest BCUT2D eigenvalue weighted by molar-refractivity contribution is 7.98. The second-order valence-electron chi connectivity index (χ2n) is 6.66. The summed E-state index contributed by atoms with van der Waals surface area (Å²) in [5.41, 5.74) is 6.41. The van der Waals surface area contributed by atoms with Crippen LogP contribution in [0.5, 0.6) is 0 Å². The molecule has 1 aromatic heterocycles. The van der Waals surface area contributed by atoms with E-state index in [-0.39, 0.29) is 17.0 Å². The Bertz CT molecular complexity index is 1290. The molecule has 0 aliphatic carbocycles. The molecular formula is C23H16ClFN2O3S. The highest BCUT2D eigenvalue weighted by atomic mass is 35.5. The summed E-state index contributed by atoms with van der Waals surface area (Å²) in [5, 5.41) is 3.92. The molecular weight excluding hydrogens is 439 g/mol. The van der Waals surface area contributed by atoms with Gasteiger partial charge in [0.05, 0.1) is 5.69 Å². The maximum Gasteiger partial charge on any atom is 0.291 e. The Morgan fingerprint density at radius 2 is 1.81 bits per heavy atom. The molecule has 4 rings (SSSR count). The lowest BCUT2D eigenvalue weighted by atomic mass is 10.1.